The van der Waals surface area contributed by atoms with Gasteiger partial charge in [0.2, 0.25) is 5.50 Å². The molecule has 0 aliphatic rings. The van der Waals surface area contributed by atoms with Crippen LogP contribution in [0.1, 0.15) is 20.3 Å². The molecular weight excluding hydrogens is 251 g/mol. The molecule has 0 aliphatic heterocycles. The number of rotatable bonds is 6. The third-order valence-electron chi connectivity index (χ3n) is 2.45. The molecule has 0 bridgehead atoms. The second-order valence-electron chi connectivity index (χ2n) is 3.87. The second-order valence-corrected chi connectivity index (χ2v) is 5.82. The van der Waals surface area contributed by atoms with E-state index in [1.807, 2.05) is 31.2 Å². The number of benzene rings is 1. The van der Waals surface area contributed by atoms with Crippen molar-refractivity contribution in [1.29, 1.82) is 0 Å². The molecule has 0 amide bonds. The summed E-state index contributed by atoms with van der Waals surface area (Å²) in [7, 11) is -3.33. The number of hydrogen-bond acceptors (Lipinski definition) is 4. The molecule has 0 saturated heterocycles. The monoisotopic (exact) mass is 268 g/mol. The molecule has 2 rings (SSSR count). The van der Waals surface area contributed by atoms with Crippen LogP contribution in [0, 0.1) is 0 Å². The first-order valence-corrected chi connectivity index (χ1v) is 7.62. The molecule has 0 spiro atoms. The maximum Gasteiger partial charge on any atom is 0.396 e. The molecule has 0 N–H and O–H groups in total. The Kier molecular flexibility index (Phi) is 4.23. The summed E-state index contributed by atoms with van der Waals surface area (Å²) in [6, 6.07) is 9.23. The first kappa shape index (κ1) is 13.3. The van der Waals surface area contributed by atoms with E-state index in [9.17, 15) is 4.57 Å². The fourth-order valence-corrected chi connectivity index (χ4v) is 3.25. The standard InChI is InChI=1S/C13H17O4P/c1-3-9-16-18(14,15-4-2)13-10-11-7-5-6-8-12(11)17-13/h5-8,10H,3-4,9H2,1-2H3. The zero-order chi connectivity index (χ0) is 13.0. The summed E-state index contributed by atoms with van der Waals surface area (Å²) in [5.74, 6) is 0. The quantitative estimate of drug-likeness (QED) is 0.749. The van der Waals surface area contributed by atoms with Crippen molar-refractivity contribution in [3.8, 4) is 0 Å². The summed E-state index contributed by atoms with van der Waals surface area (Å²) in [6.45, 7) is 4.44. The van der Waals surface area contributed by atoms with Crippen molar-refractivity contribution in [2.24, 2.45) is 0 Å². The highest BCUT2D eigenvalue weighted by molar-refractivity contribution is 7.61. The van der Waals surface area contributed by atoms with Gasteiger partial charge in [-0.25, -0.2) is 0 Å². The van der Waals surface area contributed by atoms with Crippen LogP contribution in [0.15, 0.2) is 34.7 Å². The zero-order valence-corrected chi connectivity index (χ0v) is 11.5. The van der Waals surface area contributed by atoms with Gasteiger partial charge in [-0.3, -0.25) is 4.57 Å². The van der Waals surface area contributed by atoms with Crippen LogP contribution in [0.5, 0.6) is 0 Å². The topological polar surface area (TPSA) is 48.7 Å². The van der Waals surface area contributed by atoms with Crippen LogP contribution in [-0.4, -0.2) is 13.2 Å². The SMILES string of the molecule is CCCOP(=O)(OCC)c1cc2ccccc2o1. The van der Waals surface area contributed by atoms with Gasteiger partial charge in [0.1, 0.15) is 5.58 Å². The lowest BCUT2D eigenvalue weighted by Gasteiger charge is -2.14. The number of fused-ring (bicyclic) bond motifs is 1. The molecule has 1 unspecified atom stereocenters. The van der Waals surface area contributed by atoms with Crippen molar-refractivity contribution in [3.05, 3.63) is 30.3 Å². The van der Waals surface area contributed by atoms with Crippen LogP contribution < -0.4 is 5.50 Å². The van der Waals surface area contributed by atoms with Gasteiger partial charge in [0, 0.05) is 11.5 Å². The minimum Gasteiger partial charge on any atom is -0.448 e. The van der Waals surface area contributed by atoms with Gasteiger partial charge >= 0.3 is 7.60 Å². The minimum absolute atomic E-state index is 0.277. The molecule has 0 fully saturated rings. The first-order chi connectivity index (χ1) is 8.69. The van der Waals surface area contributed by atoms with Crippen molar-refractivity contribution in [2.45, 2.75) is 20.3 Å². The zero-order valence-electron chi connectivity index (χ0n) is 10.6. The Hall–Kier alpha value is -1.09. The van der Waals surface area contributed by atoms with Crippen molar-refractivity contribution >= 4 is 24.1 Å². The molecule has 1 heterocycles. The lowest BCUT2D eigenvalue weighted by molar-refractivity contribution is 0.217. The van der Waals surface area contributed by atoms with Crippen molar-refractivity contribution in [2.75, 3.05) is 13.2 Å². The summed E-state index contributed by atoms with van der Waals surface area (Å²) < 4.78 is 28.8. The maximum atomic E-state index is 12.6. The van der Waals surface area contributed by atoms with E-state index in [0.29, 0.717) is 18.8 Å². The van der Waals surface area contributed by atoms with Crippen LogP contribution in [0.4, 0.5) is 0 Å². The fourth-order valence-electron chi connectivity index (χ4n) is 1.65. The van der Waals surface area contributed by atoms with E-state index in [4.69, 9.17) is 13.5 Å². The number of furan rings is 1. The smallest absolute Gasteiger partial charge is 0.396 e. The average molecular weight is 268 g/mol. The predicted molar refractivity (Wildman–Crippen MR) is 71.3 cm³/mol. The fraction of sp³-hybridized carbons (Fsp3) is 0.385. The van der Waals surface area contributed by atoms with Crippen molar-refractivity contribution in [1.82, 2.24) is 0 Å². The lowest BCUT2D eigenvalue weighted by Crippen LogP contribution is -2.08. The highest BCUT2D eigenvalue weighted by atomic mass is 31.2. The molecule has 18 heavy (non-hydrogen) atoms. The molecule has 5 heteroatoms. The number of para-hydroxylation sites is 1. The van der Waals surface area contributed by atoms with Gasteiger partial charge in [0.15, 0.2) is 0 Å². The van der Waals surface area contributed by atoms with Crippen LogP contribution in [0.3, 0.4) is 0 Å². The van der Waals surface area contributed by atoms with E-state index in [2.05, 4.69) is 0 Å². The van der Waals surface area contributed by atoms with E-state index in [1.54, 1.807) is 13.0 Å². The molecular formula is C13H17O4P. The molecule has 2 aromatic rings. The summed E-state index contributed by atoms with van der Waals surface area (Å²) in [5.41, 5.74) is 0.964. The first-order valence-electron chi connectivity index (χ1n) is 6.08. The van der Waals surface area contributed by atoms with E-state index in [-0.39, 0.29) is 5.50 Å². The van der Waals surface area contributed by atoms with Crippen molar-refractivity contribution in [3.63, 3.8) is 0 Å². The molecule has 1 atom stereocenters. The third kappa shape index (κ3) is 2.66. The van der Waals surface area contributed by atoms with Crippen LogP contribution >= 0.6 is 7.60 Å². The van der Waals surface area contributed by atoms with E-state index >= 15 is 0 Å². The minimum atomic E-state index is -3.33. The van der Waals surface area contributed by atoms with Gasteiger partial charge < -0.3 is 13.5 Å². The van der Waals surface area contributed by atoms with Gasteiger partial charge in [0.25, 0.3) is 0 Å². The maximum absolute atomic E-state index is 12.6. The summed E-state index contributed by atoms with van der Waals surface area (Å²) >= 11 is 0. The van der Waals surface area contributed by atoms with Gasteiger partial charge in [-0.15, -0.1) is 0 Å². The van der Waals surface area contributed by atoms with E-state index in [1.165, 1.54) is 0 Å². The molecule has 0 radical (unpaired) electrons. The largest absolute Gasteiger partial charge is 0.448 e. The summed E-state index contributed by atoms with van der Waals surface area (Å²) in [4.78, 5) is 0. The highest BCUT2D eigenvalue weighted by Crippen LogP contribution is 2.48. The third-order valence-corrected chi connectivity index (χ3v) is 4.33. The second kappa shape index (κ2) is 5.70. The van der Waals surface area contributed by atoms with Crippen LogP contribution in [0.2, 0.25) is 0 Å². The summed E-state index contributed by atoms with van der Waals surface area (Å²) in [6.07, 6.45) is 0.775. The van der Waals surface area contributed by atoms with Crippen LogP contribution in [0.25, 0.3) is 11.0 Å². The summed E-state index contributed by atoms with van der Waals surface area (Å²) in [5, 5.41) is 0.896. The normalized spacial score (nSPS) is 14.8. The van der Waals surface area contributed by atoms with Gasteiger partial charge in [-0.1, -0.05) is 25.1 Å². The van der Waals surface area contributed by atoms with E-state index in [0.717, 1.165) is 11.8 Å². The van der Waals surface area contributed by atoms with Gasteiger partial charge in [-0.2, -0.15) is 0 Å². The van der Waals surface area contributed by atoms with Gasteiger partial charge in [0.05, 0.1) is 13.2 Å². The molecule has 0 aliphatic carbocycles. The average Bonchev–Trinajstić information content (AvgIpc) is 2.81. The molecule has 1 aromatic heterocycles. The lowest BCUT2D eigenvalue weighted by atomic mass is 10.3. The predicted octanol–water partition coefficient (Wildman–Crippen LogP) is 3.71. The highest BCUT2D eigenvalue weighted by Gasteiger charge is 2.31. The van der Waals surface area contributed by atoms with Gasteiger partial charge in [-0.05, 0) is 19.4 Å². The molecule has 1 aromatic carbocycles. The van der Waals surface area contributed by atoms with Crippen LogP contribution in [-0.2, 0) is 13.6 Å². The Labute approximate surface area is 106 Å². The molecule has 4 nitrogen and oxygen atoms in total. The van der Waals surface area contributed by atoms with E-state index < -0.39 is 7.60 Å². The van der Waals surface area contributed by atoms with Crippen molar-refractivity contribution < 1.29 is 18.0 Å². The molecule has 98 valence electrons. The molecule has 0 saturated carbocycles. The Balaban J connectivity index is 2.37. The Morgan fingerprint density at radius 2 is 2.00 bits per heavy atom. The Morgan fingerprint density at radius 1 is 1.22 bits per heavy atom. The Bertz CT molecular complexity index is 528. The Morgan fingerprint density at radius 3 is 2.67 bits per heavy atom. The number of hydrogen-bond donors (Lipinski definition) is 0.